The zero-order valence-electron chi connectivity index (χ0n) is 32.3. The zero-order chi connectivity index (χ0) is 38.3. The molecule has 0 atom stereocenters. The molecule has 0 aliphatic carbocycles. The highest BCUT2D eigenvalue weighted by Gasteiger charge is 2.55. The van der Waals surface area contributed by atoms with Crippen molar-refractivity contribution in [2.45, 2.75) is 19.3 Å². The lowest BCUT2D eigenvalue weighted by Crippen LogP contribution is -2.70. The van der Waals surface area contributed by atoms with Crippen LogP contribution in [0.2, 0.25) is 0 Å². The smallest absolute Gasteiger partial charge is 0.182 e. The van der Waals surface area contributed by atoms with Gasteiger partial charge in [-0.15, -0.1) is 0 Å². The van der Waals surface area contributed by atoms with Gasteiger partial charge >= 0.3 is 0 Å². The summed E-state index contributed by atoms with van der Waals surface area (Å²) >= 11 is 0. The summed E-state index contributed by atoms with van der Waals surface area (Å²) in [5, 5.41) is 8.39. The third-order valence-corrected chi connectivity index (χ3v) is 18.6. The Morgan fingerprint density at radius 1 is 0.431 bits per heavy atom. The van der Waals surface area contributed by atoms with Crippen LogP contribution in [0.4, 0.5) is 17.1 Å². The first kappa shape index (κ1) is 32.2. The number of nitrogens with zero attached hydrogens (tertiary/aromatic N) is 1. The highest BCUT2D eigenvalue weighted by atomic mass is 28.3. The normalized spacial score (nSPS) is 15.1. The van der Waals surface area contributed by atoms with E-state index in [9.17, 15) is 0 Å². The first-order valence-corrected chi connectivity index (χ1v) is 22.3. The molecular weight excluding hydrogens is 719 g/mol. The molecule has 3 heteroatoms. The monoisotopic (exact) mass is 755 g/mol. The SMILES string of the molecule is Cc1ccc2c(c1)C1(c3cc(C)ccc3O2)c2ccccc2N(c2ccc3c(c2)[Si]2(c4ccccc4-c4ccccc42)c2ccccc2-3)c2c1ccc1ccccc21. The topological polar surface area (TPSA) is 12.5 Å². The molecule has 58 heavy (non-hydrogen) atoms. The van der Waals surface area contributed by atoms with Crippen molar-refractivity contribution in [1.82, 2.24) is 0 Å². The summed E-state index contributed by atoms with van der Waals surface area (Å²) in [5.74, 6) is 1.82. The molecule has 0 unspecified atom stereocenters. The van der Waals surface area contributed by atoms with E-state index in [1.165, 1.54) is 104 Å². The van der Waals surface area contributed by atoms with E-state index >= 15 is 0 Å². The quantitative estimate of drug-likeness (QED) is 0.155. The number of para-hydroxylation sites is 1. The molecule has 9 aromatic rings. The van der Waals surface area contributed by atoms with E-state index in [4.69, 9.17) is 4.74 Å². The molecule has 2 spiro atoms. The Kier molecular flexibility index (Phi) is 6.29. The largest absolute Gasteiger partial charge is 0.457 e. The standard InChI is InChI=1S/C55H37NOSi/c1-34-23-29-48-45(31-34)55(46-32-35(2)24-30-49(46)57-48)43-18-8-9-19-47(43)56(54-38-14-4-3-13-36(38)25-28-44(54)55)37-26-27-42-41-17-7-12-22-52(41)58(53(42)33-37)50-20-10-5-15-39(50)40-16-6-11-21-51(40)58/h3-33H,1-2H3. The van der Waals surface area contributed by atoms with Gasteiger partial charge in [0, 0.05) is 22.2 Å². The van der Waals surface area contributed by atoms with Crippen molar-refractivity contribution >= 4 is 56.7 Å². The van der Waals surface area contributed by atoms with Crippen molar-refractivity contribution in [2.24, 2.45) is 0 Å². The van der Waals surface area contributed by atoms with Crippen molar-refractivity contribution in [3.8, 4) is 33.8 Å². The number of aryl methyl sites for hydroxylation is 2. The van der Waals surface area contributed by atoms with E-state index < -0.39 is 13.5 Å². The Hall–Kier alpha value is -6.94. The van der Waals surface area contributed by atoms with Crippen molar-refractivity contribution < 1.29 is 4.74 Å². The Labute approximate surface area is 339 Å². The van der Waals surface area contributed by atoms with E-state index in [2.05, 4.69) is 207 Å². The molecule has 0 N–H and O–H groups in total. The lowest BCUT2D eigenvalue weighted by molar-refractivity contribution is 0.433. The van der Waals surface area contributed by atoms with Crippen LogP contribution in [0, 0.1) is 13.8 Å². The van der Waals surface area contributed by atoms with Crippen LogP contribution in [-0.4, -0.2) is 8.07 Å². The summed E-state index contributed by atoms with van der Waals surface area (Å²) in [6.07, 6.45) is 0. The van der Waals surface area contributed by atoms with Gasteiger partial charge in [0.15, 0.2) is 8.07 Å². The van der Waals surface area contributed by atoms with Crippen molar-refractivity contribution in [1.29, 1.82) is 0 Å². The van der Waals surface area contributed by atoms with E-state index in [1.807, 2.05) is 0 Å². The Bertz CT molecular complexity index is 3150. The molecule has 4 heterocycles. The molecule has 0 aromatic heterocycles. The van der Waals surface area contributed by atoms with E-state index in [1.54, 1.807) is 0 Å². The summed E-state index contributed by atoms with van der Waals surface area (Å²) < 4.78 is 6.83. The zero-order valence-corrected chi connectivity index (χ0v) is 33.3. The average molecular weight is 756 g/mol. The number of hydrogen-bond donors (Lipinski definition) is 0. The van der Waals surface area contributed by atoms with Crippen LogP contribution in [0.15, 0.2) is 188 Å². The predicted molar refractivity (Wildman–Crippen MR) is 242 cm³/mol. The van der Waals surface area contributed by atoms with Gasteiger partial charge in [0.05, 0.1) is 16.8 Å². The fourth-order valence-electron chi connectivity index (χ4n) is 11.4. The Balaban J connectivity index is 1.16. The van der Waals surface area contributed by atoms with E-state index in [-0.39, 0.29) is 0 Å². The van der Waals surface area contributed by atoms with Gasteiger partial charge in [0.2, 0.25) is 0 Å². The number of hydrogen-bond acceptors (Lipinski definition) is 2. The molecule has 13 rings (SSSR count). The van der Waals surface area contributed by atoms with Gasteiger partial charge in [0.1, 0.15) is 11.5 Å². The summed E-state index contributed by atoms with van der Waals surface area (Å²) in [6, 6.07) is 71.3. The molecule has 0 saturated heterocycles. The maximum Gasteiger partial charge on any atom is 0.182 e. The minimum Gasteiger partial charge on any atom is -0.457 e. The summed E-state index contributed by atoms with van der Waals surface area (Å²) in [6.45, 7) is 4.40. The average Bonchev–Trinajstić information content (AvgIpc) is 3.74. The van der Waals surface area contributed by atoms with Crippen LogP contribution in [0.1, 0.15) is 33.4 Å². The van der Waals surface area contributed by atoms with E-state index in [0.29, 0.717) is 0 Å². The van der Waals surface area contributed by atoms with Gasteiger partial charge in [-0.3, -0.25) is 0 Å². The molecule has 2 nitrogen and oxygen atoms in total. The number of ether oxygens (including phenoxy) is 1. The minimum absolute atomic E-state index is 0.625. The molecule has 0 bridgehead atoms. The molecule has 0 fully saturated rings. The molecule has 272 valence electrons. The number of rotatable bonds is 1. The van der Waals surface area contributed by atoms with Crippen LogP contribution in [0.3, 0.4) is 0 Å². The highest BCUT2D eigenvalue weighted by molar-refractivity contribution is 7.24. The van der Waals surface area contributed by atoms with Gasteiger partial charge in [-0.1, -0.05) is 169 Å². The van der Waals surface area contributed by atoms with Gasteiger partial charge in [-0.05, 0) is 104 Å². The fourth-order valence-corrected chi connectivity index (χ4v) is 17.1. The highest BCUT2D eigenvalue weighted by Crippen LogP contribution is 2.64. The fraction of sp³-hybridized carbons (Fsp3) is 0.0545. The Morgan fingerprint density at radius 2 is 0.983 bits per heavy atom. The van der Waals surface area contributed by atoms with Gasteiger partial charge in [-0.2, -0.15) is 0 Å². The summed E-state index contributed by atoms with van der Waals surface area (Å²) in [5.41, 5.74) is 15.8. The second kappa shape index (κ2) is 11.3. The van der Waals surface area contributed by atoms with Gasteiger partial charge < -0.3 is 9.64 Å². The van der Waals surface area contributed by atoms with Crippen LogP contribution in [0.5, 0.6) is 11.5 Å². The van der Waals surface area contributed by atoms with Crippen LogP contribution in [0.25, 0.3) is 33.0 Å². The second-order valence-electron chi connectivity index (χ2n) is 16.5. The van der Waals surface area contributed by atoms with Gasteiger partial charge in [0.25, 0.3) is 0 Å². The molecule has 4 aliphatic rings. The van der Waals surface area contributed by atoms with Gasteiger partial charge in [-0.25, -0.2) is 0 Å². The number of fused-ring (bicyclic) bond motifs is 20. The van der Waals surface area contributed by atoms with Crippen LogP contribution < -0.4 is 30.4 Å². The first-order chi connectivity index (χ1) is 28.6. The molecule has 0 radical (unpaired) electrons. The third kappa shape index (κ3) is 3.83. The number of anilines is 3. The van der Waals surface area contributed by atoms with Crippen molar-refractivity contribution in [3.63, 3.8) is 0 Å². The van der Waals surface area contributed by atoms with Crippen LogP contribution >= 0.6 is 0 Å². The van der Waals surface area contributed by atoms with Crippen LogP contribution in [-0.2, 0) is 5.41 Å². The first-order valence-electron chi connectivity index (χ1n) is 20.3. The van der Waals surface area contributed by atoms with Crippen molar-refractivity contribution in [2.75, 3.05) is 4.90 Å². The van der Waals surface area contributed by atoms with Crippen molar-refractivity contribution in [3.05, 3.63) is 221 Å². The maximum atomic E-state index is 6.83. The molecule has 0 saturated carbocycles. The van der Waals surface area contributed by atoms with E-state index in [0.717, 1.165) is 11.5 Å². The molecule has 9 aromatic carbocycles. The molecule has 4 aliphatic heterocycles. The Morgan fingerprint density at radius 3 is 1.64 bits per heavy atom. The third-order valence-electron chi connectivity index (χ3n) is 13.6. The predicted octanol–water partition coefficient (Wildman–Crippen LogP) is 11.1. The summed E-state index contributed by atoms with van der Waals surface area (Å²) in [4.78, 5) is 2.59. The molecule has 0 amide bonds. The number of benzene rings is 9. The molecular formula is C55H37NOSi. The second-order valence-corrected chi connectivity index (χ2v) is 20.2. The minimum atomic E-state index is -2.67. The lowest BCUT2D eigenvalue weighted by Gasteiger charge is -2.49. The lowest BCUT2D eigenvalue weighted by atomic mass is 9.60. The maximum absolute atomic E-state index is 6.83. The summed E-state index contributed by atoms with van der Waals surface area (Å²) in [7, 11) is -2.67.